The Balaban J connectivity index is 1.60. The van der Waals surface area contributed by atoms with Gasteiger partial charge < -0.3 is 20.1 Å². The van der Waals surface area contributed by atoms with Crippen LogP contribution in [0.2, 0.25) is 5.02 Å². The zero-order valence-corrected chi connectivity index (χ0v) is 20.2. The zero-order chi connectivity index (χ0) is 23.7. The van der Waals surface area contributed by atoms with Gasteiger partial charge in [0.05, 0.1) is 10.7 Å². The highest BCUT2D eigenvalue weighted by Crippen LogP contribution is 2.42. The molecule has 2 N–H and O–H groups in total. The second-order valence-electron chi connectivity index (χ2n) is 8.66. The van der Waals surface area contributed by atoms with E-state index in [4.69, 9.17) is 11.6 Å². The number of hydrogen-bond acceptors (Lipinski definition) is 4. The number of halogens is 1. The Bertz CT molecular complexity index is 1320. The second kappa shape index (κ2) is 9.49. The van der Waals surface area contributed by atoms with Crippen LogP contribution in [0.4, 0.5) is 5.69 Å². The van der Waals surface area contributed by atoms with E-state index >= 15 is 0 Å². The summed E-state index contributed by atoms with van der Waals surface area (Å²) in [6, 6.07) is 18.9. The fourth-order valence-electron chi connectivity index (χ4n) is 4.69. The van der Waals surface area contributed by atoms with E-state index in [0.717, 1.165) is 65.2 Å². The van der Waals surface area contributed by atoms with Crippen molar-refractivity contribution in [2.45, 2.75) is 13.5 Å². The Hall–Kier alpha value is -3.35. The predicted octanol–water partition coefficient (Wildman–Crippen LogP) is 4.61. The molecule has 0 spiro atoms. The number of fused-ring (bicyclic) bond motifs is 1. The highest BCUT2D eigenvalue weighted by Gasteiger charge is 2.21. The van der Waals surface area contributed by atoms with Gasteiger partial charge in [-0.2, -0.15) is 0 Å². The van der Waals surface area contributed by atoms with Crippen LogP contribution in [-0.2, 0) is 18.4 Å². The van der Waals surface area contributed by atoms with Crippen molar-refractivity contribution >= 4 is 34.2 Å². The van der Waals surface area contributed by atoms with Gasteiger partial charge in [-0.3, -0.25) is 4.79 Å². The first kappa shape index (κ1) is 22.4. The van der Waals surface area contributed by atoms with Gasteiger partial charge in [-0.1, -0.05) is 48.0 Å². The minimum Gasteiger partial charge on any atom is -0.369 e. The maximum absolute atomic E-state index is 11.3. The van der Waals surface area contributed by atoms with Gasteiger partial charge >= 0.3 is 0 Å². The van der Waals surface area contributed by atoms with E-state index in [2.05, 4.69) is 61.5 Å². The third-order valence-electron chi connectivity index (χ3n) is 6.43. The lowest BCUT2D eigenvalue weighted by Crippen LogP contribution is -2.43. The van der Waals surface area contributed by atoms with Crippen molar-refractivity contribution in [1.29, 1.82) is 0 Å². The van der Waals surface area contributed by atoms with Gasteiger partial charge in [-0.25, -0.2) is 4.98 Å². The third kappa shape index (κ3) is 4.27. The molecule has 0 saturated carbocycles. The van der Waals surface area contributed by atoms with Gasteiger partial charge in [0.2, 0.25) is 5.91 Å². The smallest absolute Gasteiger partial charge is 0.217 e. The number of benzene rings is 2. The topological polar surface area (TPSA) is 62.2 Å². The van der Waals surface area contributed by atoms with Crippen LogP contribution in [0.1, 0.15) is 12.5 Å². The van der Waals surface area contributed by atoms with Crippen LogP contribution in [0.15, 0.2) is 60.8 Å². The van der Waals surface area contributed by atoms with Crippen LogP contribution in [-0.4, -0.2) is 41.6 Å². The standard InChI is InChI=1S/C27H28ClN5O/c1-18(34)31-17-19-3-5-20(6-4-19)24-25-23(28)11-12-30-27(25)32(2)26(24)21-7-9-22(10-8-21)33-15-13-29-14-16-33/h3-12,29H,13-17H2,1-2H3,(H,31,34). The highest BCUT2D eigenvalue weighted by atomic mass is 35.5. The molecule has 7 heteroatoms. The molecule has 1 amide bonds. The predicted molar refractivity (Wildman–Crippen MR) is 139 cm³/mol. The molecule has 1 saturated heterocycles. The number of nitrogens with one attached hydrogen (secondary N) is 2. The fraction of sp³-hybridized carbons (Fsp3) is 0.259. The third-order valence-corrected chi connectivity index (χ3v) is 6.74. The lowest BCUT2D eigenvalue weighted by molar-refractivity contribution is -0.119. The lowest BCUT2D eigenvalue weighted by Gasteiger charge is -2.29. The molecule has 2 aromatic heterocycles. The summed E-state index contributed by atoms with van der Waals surface area (Å²) in [4.78, 5) is 18.3. The Morgan fingerprint density at radius 3 is 2.38 bits per heavy atom. The average Bonchev–Trinajstić information content (AvgIpc) is 3.17. The average molecular weight is 474 g/mol. The summed E-state index contributed by atoms with van der Waals surface area (Å²) in [5.41, 5.74) is 7.47. The van der Waals surface area contributed by atoms with E-state index in [9.17, 15) is 4.79 Å². The first-order valence-corrected chi connectivity index (χ1v) is 11.9. The summed E-state index contributed by atoms with van der Waals surface area (Å²) in [7, 11) is 2.04. The molecule has 0 atom stereocenters. The number of carbonyl (C=O) groups is 1. The van der Waals surface area contributed by atoms with Gasteiger partial charge in [0.1, 0.15) is 5.65 Å². The first-order chi connectivity index (χ1) is 16.5. The molecule has 2 aromatic carbocycles. The quantitative estimate of drug-likeness (QED) is 0.444. The van der Waals surface area contributed by atoms with Crippen molar-refractivity contribution in [3.05, 3.63) is 71.4 Å². The molecule has 174 valence electrons. The summed E-state index contributed by atoms with van der Waals surface area (Å²) < 4.78 is 2.13. The minimum absolute atomic E-state index is 0.0393. The number of aryl methyl sites for hydroxylation is 1. The minimum atomic E-state index is -0.0393. The number of piperazine rings is 1. The van der Waals surface area contributed by atoms with Gasteiger partial charge in [0.15, 0.2) is 0 Å². The Morgan fingerprint density at radius 1 is 1.03 bits per heavy atom. The van der Waals surface area contributed by atoms with Gasteiger partial charge in [0.25, 0.3) is 0 Å². The number of hydrogen-bond donors (Lipinski definition) is 2. The molecule has 6 nitrogen and oxygen atoms in total. The molecular formula is C27H28ClN5O. The molecule has 34 heavy (non-hydrogen) atoms. The first-order valence-electron chi connectivity index (χ1n) is 11.6. The maximum Gasteiger partial charge on any atom is 0.217 e. The van der Waals surface area contributed by atoms with Crippen molar-refractivity contribution in [2.24, 2.45) is 7.05 Å². The largest absolute Gasteiger partial charge is 0.369 e. The molecule has 1 aliphatic rings. The number of pyridine rings is 1. The summed E-state index contributed by atoms with van der Waals surface area (Å²) in [6.45, 7) is 6.09. The second-order valence-corrected chi connectivity index (χ2v) is 9.07. The number of carbonyl (C=O) groups excluding carboxylic acids is 1. The van der Waals surface area contributed by atoms with Crippen molar-refractivity contribution in [1.82, 2.24) is 20.2 Å². The Kier molecular flexibility index (Phi) is 6.26. The molecule has 0 aliphatic carbocycles. The molecular weight excluding hydrogens is 446 g/mol. The molecule has 0 radical (unpaired) electrons. The molecule has 0 unspecified atom stereocenters. The summed E-state index contributed by atoms with van der Waals surface area (Å²) >= 11 is 6.71. The number of amides is 1. The van der Waals surface area contributed by atoms with Gasteiger partial charge in [-0.15, -0.1) is 0 Å². The summed E-state index contributed by atoms with van der Waals surface area (Å²) in [6.07, 6.45) is 1.75. The SMILES string of the molecule is CC(=O)NCc1ccc(-c2c(-c3ccc(N4CCNCC4)cc3)n(C)c3nccc(Cl)c23)cc1. The number of anilines is 1. The van der Waals surface area contributed by atoms with Crippen LogP contribution >= 0.6 is 11.6 Å². The maximum atomic E-state index is 11.3. The number of nitrogens with zero attached hydrogens (tertiary/aromatic N) is 3. The van der Waals surface area contributed by atoms with E-state index in [-0.39, 0.29) is 5.91 Å². The summed E-state index contributed by atoms with van der Waals surface area (Å²) in [5, 5.41) is 7.89. The van der Waals surface area contributed by atoms with Gasteiger partial charge in [0, 0.05) is 69.5 Å². The van der Waals surface area contributed by atoms with E-state index in [0.29, 0.717) is 11.6 Å². The highest BCUT2D eigenvalue weighted by molar-refractivity contribution is 6.37. The van der Waals surface area contributed by atoms with Crippen LogP contribution < -0.4 is 15.5 Å². The van der Waals surface area contributed by atoms with Crippen molar-refractivity contribution in [3.63, 3.8) is 0 Å². The zero-order valence-electron chi connectivity index (χ0n) is 19.4. The van der Waals surface area contributed by atoms with E-state index in [1.165, 1.54) is 12.6 Å². The van der Waals surface area contributed by atoms with Crippen LogP contribution in [0.5, 0.6) is 0 Å². The Labute approximate surface area is 204 Å². The lowest BCUT2D eigenvalue weighted by atomic mass is 9.97. The number of rotatable bonds is 5. The fourth-order valence-corrected chi connectivity index (χ4v) is 4.93. The molecule has 3 heterocycles. The van der Waals surface area contributed by atoms with E-state index < -0.39 is 0 Å². The van der Waals surface area contributed by atoms with Gasteiger partial charge in [-0.05, 0) is 34.9 Å². The normalized spacial score (nSPS) is 13.9. The van der Waals surface area contributed by atoms with E-state index in [1.54, 1.807) is 6.20 Å². The van der Waals surface area contributed by atoms with Crippen molar-refractivity contribution in [2.75, 3.05) is 31.1 Å². The van der Waals surface area contributed by atoms with Crippen molar-refractivity contribution in [3.8, 4) is 22.4 Å². The van der Waals surface area contributed by atoms with Crippen LogP contribution in [0.3, 0.4) is 0 Å². The van der Waals surface area contributed by atoms with E-state index in [1.807, 2.05) is 25.2 Å². The molecule has 4 aromatic rings. The summed E-state index contributed by atoms with van der Waals surface area (Å²) in [5.74, 6) is -0.0393. The van der Waals surface area contributed by atoms with Crippen LogP contribution in [0, 0.1) is 0 Å². The monoisotopic (exact) mass is 473 g/mol. The number of aromatic nitrogens is 2. The molecule has 0 bridgehead atoms. The Morgan fingerprint density at radius 2 is 1.71 bits per heavy atom. The molecule has 5 rings (SSSR count). The molecule has 1 aliphatic heterocycles. The molecule has 1 fully saturated rings. The van der Waals surface area contributed by atoms with Crippen molar-refractivity contribution < 1.29 is 4.79 Å². The van der Waals surface area contributed by atoms with Crippen LogP contribution in [0.25, 0.3) is 33.4 Å².